The van der Waals surface area contributed by atoms with E-state index in [1.165, 1.54) is 18.2 Å². The molecule has 0 spiro atoms. The van der Waals surface area contributed by atoms with Crippen molar-refractivity contribution in [3.05, 3.63) is 36.4 Å². The average molecular weight is 269 g/mol. The molecule has 2 rings (SSSR count). The Hall–Kier alpha value is -2.24. The van der Waals surface area contributed by atoms with Gasteiger partial charge in [-0.1, -0.05) is 18.2 Å². The minimum atomic E-state index is -4.94. The van der Waals surface area contributed by atoms with Crippen LogP contribution < -0.4 is 4.90 Å². The lowest BCUT2D eigenvalue weighted by atomic mass is 10.1. The van der Waals surface area contributed by atoms with E-state index in [9.17, 15) is 23.1 Å². The van der Waals surface area contributed by atoms with Crippen molar-refractivity contribution in [3.63, 3.8) is 0 Å². The Labute approximate surface area is 106 Å². The van der Waals surface area contributed by atoms with E-state index in [2.05, 4.69) is 0 Å². The number of halogens is 3. The van der Waals surface area contributed by atoms with Crippen molar-refractivity contribution in [1.29, 1.82) is 0 Å². The smallest absolute Gasteiger partial charge is 0.471 e. The molecule has 0 aliphatic carbocycles. The number of anilines is 1. The van der Waals surface area contributed by atoms with Crippen molar-refractivity contribution in [3.8, 4) is 5.75 Å². The van der Waals surface area contributed by atoms with Crippen LogP contribution in [0.3, 0.4) is 0 Å². The fourth-order valence-corrected chi connectivity index (χ4v) is 1.84. The summed E-state index contributed by atoms with van der Waals surface area (Å²) in [6, 6.07) is 8.95. The van der Waals surface area contributed by atoms with Gasteiger partial charge in [-0.15, -0.1) is 0 Å². The molecular weight excluding hydrogens is 259 g/mol. The lowest BCUT2D eigenvalue weighted by molar-refractivity contribution is -0.170. The predicted molar refractivity (Wildman–Crippen MR) is 65.1 cm³/mol. The van der Waals surface area contributed by atoms with E-state index in [-0.39, 0.29) is 11.4 Å². The number of aromatic hydroxyl groups is 1. The van der Waals surface area contributed by atoms with Crippen LogP contribution in [-0.2, 0) is 4.79 Å². The van der Waals surface area contributed by atoms with Crippen LogP contribution in [0.1, 0.15) is 0 Å². The fraction of sp³-hybridized carbons (Fsp3) is 0.154. The molecule has 0 fully saturated rings. The summed E-state index contributed by atoms with van der Waals surface area (Å²) in [6.07, 6.45) is -4.94. The van der Waals surface area contributed by atoms with E-state index in [1.54, 1.807) is 18.2 Å². The number of hydrogen-bond acceptors (Lipinski definition) is 2. The van der Waals surface area contributed by atoms with Gasteiger partial charge in [0.15, 0.2) is 0 Å². The maximum atomic E-state index is 12.4. The summed E-state index contributed by atoms with van der Waals surface area (Å²) in [5.41, 5.74) is 0.0933. The van der Waals surface area contributed by atoms with Crippen LogP contribution in [0.25, 0.3) is 10.8 Å². The number of rotatable bonds is 1. The maximum absolute atomic E-state index is 12.4. The Kier molecular flexibility index (Phi) is 3.09. The van der Waals surface area contributed by atoms with Crippen molar-refractivity contribution >= 4 is 22.4 Å². The standard InChI is InChI=1S/C13H10F3NO2/c1-17(12(19)13(14,15)16)11-4-2-3-8-5-6-9(18)7-10(8)11/h2-7,18H,1H3. The molecule has 0 radical (unpaired) electrons. The Balaban J connectivity index is 2.56. The Morgan fingerprint density at radius 1 is 1.21 bits per heavy atom. The third-order valence-electron chi connectivity index (χ3n) is 2.75. The van der Waals surface area contributed by atoms with Crippen LogP contribution in [0.5, 0.6) is 5.75 Å². The highest BCUT2D eigenvalue weighted by Gasteiger charge is 2.41. The zero-order valence-electron chi connectivity index (χ0n) is 9.90. The van der Waals surface area contributed by atoms with Crippen LogP contribution in [-0.4, -0.2) is 24.2 Å². The van der Waals surface area contributed by atoms with Gasteiger partial charge in [0, 0.05) is 12.4 Å². The molecule has 100 valence electrons. The quantitative estimate of drug-likeness (QED) is 0.864. The number of carbonyl (C=O) groups excluding carboxylic acids is 1. The normalized spacial score (nSPS) is 11.6. The summed E-state index contributed by atoms with van der Waals surface area (Å²) >= 11 is 0. The molecule has 6 heteroatoms. The molecule has 19 heavy (non-hydrogen) atoms. The molecule has 0 aliphatic heterocycles. The van der Waals surface area contributed by atoms with Crippen molar-refractivity contribution in [2.45, 2.75) is 6.18 Å². The number of nitrogens with zero attached hydrogens (tertiary/aromatic N) is 1. The topological polar surface area (TPSA) is 40.5 Å². The first-order valence-electron chi connectivity index (χ1n) is 5.37. The molecule has 2 aromatic rings. The van der Waals surface area contributed by atoms with Crippen LogP contribution >= 0.6 is 0 Å². The van der Waals surface area contributed by atoms with Gasteiger partial charge in [-0.2, -0.15) is 13.2 Å². The van der Waals surface area contributed by atoms with Gasteiger partial charge in [-0.3, -0.25) is 4.79 Å². The summed E-state index contributed by atoms with van der Waals surface area (Å²) in [6.45, 7) is 0. The molecule has 3 nitrogen and oxygen atoms in total. The van der Waals surface area contributed by atoms with E-state index < -0.39 is 12.1 Å². The van der Waals surface area contributed by atoms with E-state index in [1.807, 2.05) is 0 Å². The van der Waals surface area contributed by atoms with Crippen molar-refractivity contribution in [1.82, 2.24) is 0 Å². The van der Waals surface area contributed by atoms with Gasteiger partial charge in [-0.05, 0) is 23.6 Å². The molecule has 1 amide bonds. The highest BCUT2D eigenvalue weighted by atomic mass is 19.4. The van der Waals surface area contributed by atoms with Gasteiger partial charge in [0.1, 0.15) is 5.75 Å². The largest absolute Gasteiger partial charge is 0.508 e. The number of fused-ring (bicyclic) bond motifs is 1. The van der Waals surface area contributed by atoms with Crippen molar-refractivity contribution < 1.29 is 23.1 Å². The molecule has 0 heterocycles. The second-order valence-corrected chi connectivity index (χ2v) is 4.04. The number of alkyl halides is 3. The summed E-state index contributed by atoms with van der Waals surface area (Å²) in [7, 11) is 1.05. The first-order valence-corrected chi connectivity index (χ1v) is 5.37. The minimum absolute atomic E-state index is 0.0761. The molecule has 0 bridgehead atoms. The van der Waals surface area contributed by atoms with E-state index in [4.69, 9.17) is 0 Å². The van der Waals surface area contributed by atoms with E-state index in [0.717, 1.165) is 7.05 Å². The molecule has 0 saturated carbocycles. The number of benzene rings is 2. The lowest BCUT2D eigenvalue weighted by Crippen LogP contribution is -2.38. The van der Waals surface area contributed by atoms with Crippen molar-refractivity contribution in [2.75, 3.05) is 11.9 Å². The molecule has 0 aromatic heterocycles. The number of carbonyl (C=O) groups is 1. The second-order valence-electron chi connectivity index (χ2n) is 4.04. The zero-order chi connectivity index (χ0) is 14.2. The fourth-order valence-electron chi connectivity index (χ4n) is 1.84. The van der Waals surface area contributed by atoms with Gasteiger partial charge in [0.2, 0.25) is 0 Å². The molecular formula is C13H10F3NO2. The van der Waals surface area contributed by atoms with Crippen LogP contribution in [0.2, 0.25) is 0 Å². The maximum Gasteiger partial charge on any atom is 0.471 e. The molecule has 1 N–H and O–H groups in total. The summed E-state index contributed by atoms with van der Waals surface area (Å²) in [5.74, 6) is -2.03. The first-order chi connectivity index (χ1) is 8.80. The first kappa shape index (κ1) is 13.2. The molecule has 0 saturated heterocycles. The second kappa shape index (κ2) is 4.46. The highest BCUT2D eigenvalue weighted by molar-refractivity contribution is 6.05. The Morgan fingerprint density at radius 2 is 1.89 bits per heavy atom. The molecule has 2 aromatic carbocycles. The monoisotopic (exact) mass is 269 g/mol. The van der Waals surface area contributed by atoms with E-state index >= 15 is 0 Å². The average Bonchev–Trinajstić information content (AvgIpc) is 2.35. The van der Waals surface area contributed by atoms with E-state index in [0.29, 0.717) is 15.7 Å². The molecule has 0 aliphatic rings. The summed E-state index contributed by atoms with van der Waals surface area (Å²) < 4.78 is 37.3. The van der Waals surface area contributed by atoms with Crippen LogP contribution in [0.15, 0.2) is 36.4 Å². The van der Waals surface area contributed by atoms with Gasteiger partial charge < -0.3 is 10.0 Å². The molecule has 0 atom stereocenters. The van der Waals surface area contributed by atoms with Gasteiger partial charge in [0.25, 0.3) is 0 Å². The zero-order valence-corrected chi connectivity index (χ0v) is 9.90. The number of phenols is 1. The van der Waals surface area contributed by atoms with Gasteiger partial charge >= 0.3 is 12.1 Å². The summed E-state index contributed by atoms with van der Waals surface area (Å²) in [5, 5.41) is 10.4. The third kappa shape index (κ3) is 2.47. The Morgan fingerprint density at radius 3 is 2.53 bits per heavy atom. The predicted octanol–water partition coefficient (Wildman–Crippen LogP) is 3.07. The minimum Gasteiger partial charge on any atom is -0.508 e. The lowest BCUT2D eigenvalue weighted by Gasteiger charge is -2.20. The van der Waals surface area contributed by atoms with Crippen LogP contribution in [0, 0.1) is 0 Å². The number of hydrogen-bond donors (Lipinski definition) is 1. The molecule has 0 unspecified atom stereocenters. The third-order valence-corrected chi connectivity index (χ3v) is 2.75. The number of amides is 1. The van der Waals surface area contributed by atoms with Crippen LogP contribution in [0.4, 0.5) is 18.9 Å². The highest BCUT2D eigenvalue weighted by Crippen LogP contribution is 2.31. The van der Waals surface area contributed by atoms with Gasteiger partial charge in [-0.25, -0.2) is 0 Å². The van der Waals surface area contributed by atoms with Gasteiger partial charge in [0.05, 0.1) is 5.69 Å². The van der Waals surface area contributed by atoms with Crippen molar-refractivity contribution in [2.24, 2.45) is 0 Å². The number of phenolic OH excluding ortho intramolecular Hbond substituents is 1. The Bertz CT molecular complexity index is 637. The SMILES string of the molecule is CN(C(=O)C(F)(F)F)c1cccc2ccc(O)cc12. The summed E-state index contributed by atoms with van der Waals surface area (Å²) in [4.78, 5) is 11.8.